The minimum Gasteiger partial charge on any atom is -0.494 e. The predicted octanol–water partition coefficient (Wildman–Crippen LogP) is 4.23. The van der Waals surface area contributed by atoms with E-state index in [1.54, 1.807) is 7.11 Å². The molecule has 2 heterocycles. The van der Waals surface area contributed by atoms with E-state index in [2.05, 4.69) is 49.1 Å². The number of benzene rings is 2. The average Bonchev–Trinajstić information content (AvgIpc) is 3.42. The Bertz CT molecular complexity index is 1250. The first kappa shape index (κ1) is 26.9. The maximum atomic E-state index is 12.2. The summed E-state index contributed by atoms with van der Waals surface area (Å²) in [5.74, 6) is 1.51. The number of likely N-dealkylation sites (N-methyl/N-ethyl adjacent to an activating group) is 2. The molecule has 0 saturated carbocycles. The highest BCUT2D eigenvalue weighted by molar-refractivity contribution is 6.02. The van der Waals surface area contributed by atoms with Crippen molar-refractivity contribution in [2.24, 2.45) is 0 Å². The second-order valence-electron chi connectivity index (χ2n) is 9.25. The first-order valence-corrected chi connectivity index (χ1v) is 12.5. The van der Waals surface area contributed by atoms with Crippen molar-refractivity contribution in [3.05, 3.63) is 73.1 Å². The first-order valence-electron chi connectivity index (χ1n) is 12.5. The van der Waals surface area contributed by atoms with Crippen LogP contribution >= 0.6 is 0 Å². The number of hydrogen-bond donors (Lipinski definition) is 2. The summed E-state index contributed by atoms with van der Waals surface area (Å²) in [4.78, 5) is 31.2. The molecule has 1 amide bonds. The van der Waals surface area contributed by atoms with Gasteiger partial charge in [-0.15, -0.1) is 0 Å². The number of hydroxylamine groups is 1. The standard InChI is InChI=1S/C28H35N7O3/c1-6-28(36)32-21-16-22(25(37-5)17-24(21)34(4)14-13-33(2)3)31-26-18-27(30-19-29-26)35-23(12-15-38-35)20-10-8-7-9-11-20/h6-11,16-19,23H,1,12-15H2,2-5H3,(H,32,36)(H,29,30,31)/t23-/m0/s1. The molecule has 1 aliphatic heterocycles. The molecule has 1 aromatic heterocycles. The normalized spacial score (nSPS) is 14.9. The lowest BCUT2D eigenvalue weighted by molar-refractivity contribution is -0.111. The van der Waals surface area contributed by atoms with Crippen molar-refractivity contribution in [3.8, 4) is 5.75 Å². The molecule has 200 valence electrons. The molecule has 10 nitrogen and oxygen atoms in total. The first-order chi connectivity index (χ1) is 18.4. The van der Waals surface area contributed by atoms with Gasteiger partial charge in [-0.25, -0.2) is 15.0 Å². The van der Waals surface area contributed by atoms with Crippen LogP contribution < -0.4 is 25.3 Å². The molecule has 1 atom stereocenters. The fourth-order valence-corrected chi connectivity index (χ4v) is 4.25. The molecule has 1 fully saturated rings. The molecule has 1 aliphatic rings. The van der Waals surface area contributed by atoms with Crippen LogP contribution in [0.25, 0.3) is 0 Å². The van der Waals surface area contributed by atoms with Gasteiger partial charge in [-0.1, -0.05) is 36.9 Å². The van der Waals surface area contributed by atoms with Gasteiger partial charge in [-0.3, -0.25) is 9.63 Å². The number of rotatable bonds is 11. The average molecular weight is 518 g/mol. The van der Waals surface area contributed by atoms with Gasteiger partial charge in [-0.2, -0.15) is 0 Å². The van der Waals surface area contributed by atoms with Crippen LogP contribution in [-0.4, -0.2) is 68.7 Å². The van der Waals surface area contributed by atoms with Crippen LogP contribution in [0.3, 0.4) is 0 Å². The predicted molar refractivity (Wildman–Crippen MR) is 151 cm³/mol. The Morgan fingerprint density at radius 2 is 1.95 bits per heavy atom. The molecule has 0 unspecified atom stereocenters. The SMILES string of the molecule is C=CC(=O)Nc1cc(Nc2cc(N3OCC[C@H]3c3ccccc3)ncn2)c(OC)cc1N(C)CCN(C)C. The topological polar surface area (TPSA) is 95.1 Å². The Morgan fingerprint density at radius 1 is 1.16 bits per heavy atom. The van der Waals surface area contributed by atoms with Crippen molar-refractivity contribution in [3.63, 3.8) is 0 Å². The Balaban J connectivity index is 1.63. The maximum absolute atomic E-state index is 12.2. The Morgan fingerprint density at radius 3 is 2.66 bits per heavy atom. The fraction of sp³-hybridized carbons (Fsp3) is 0.321. The molecule has 0 radical (unpaired) electrons. The number of nitrogens with one attached hydrogen (secondary N) is 2. The summed E-state index contributed by atoms with van der Waals surface area (Å²) in [5.41, 5.74) is 3.25. The zero-order valence-electron chi connectivity index (χ0n) is 22.3. The maximum Gasteiger partial charge on any atom is 0.247 e. The van der Waals surface area contributed by atoms with Gasteiger partial charge in [0.2, 0.25) is 5.91 Å². The summed E-state index contributed by atoms with van der Waals surface area (Å²) in [6.45, 7) is 5.80. The summed E-state index contributed by atoms with van der Waals surface area (Å²) >= 11 is 0. The Labute approximate surface area is 223 Å². The molecule has 0 spiro atoms. The van der Waals surface area contributed by atoms with Crippen LogP contribution in [0.15, 0.2) is 67.5 Å². The third-order valence-electron chi connectivity index (χ3n) is 6.29. The van der Waals surface area contributed by atoms with E-state index in [0.717, 1.165) is 30.8 Å². The summed E-state index contributed by atoms with van der Waals surface area (Å²) in [5, 5.41) is 8.08. The van der Waals surface area contributed by atoms with Crippen LogP contribution in [0.4, 0.5) is 28.7 Å². The molecule has 3 aromatic rings. The number of hydrogen-bond acceptors (Lipinski definition) is 9. The summed E-state index contributed by atoms with van der Waals surface area (Å²) in [6, 6.07) is 15.9. The number of methoxy groups -OCH3 is 1. The number of ether oxygens (including phenoxy) is 1. The van der Waals surface area contributed by atoms with E-state index >= 15 is 0 Å². The molecule has 2 aromatic carbocycles. The lowest BCUT2D eigenvalue weighted by Gasteiger charge is -2.26. The Kier molecular flexibility index (Phi) is 8.77. The molecule has 2 N–H and O–H groups in total. The van der Waals surface area contributed by atoms with Crippen LogP contribution in [0.2, 0.25) is 0 Å². The van der Waals surface area contributed by atoms with Gasteiger partial charge < -0.3 is 25.2 Å². The zero-order chi connectivity index (χ0) is 27.1. The van der Waals surface area contributed by atoms with Gasteiger partial charge >= 0.3 is 0 Å². The van der Waals surface area contributed by atoms with E-state index in [1.807, 2.05) is 62.6 Å². The Hall–Kier alpha value is -4.15. The number of anilines is 5. The minimum absolute atomic E-state index is 0.0613. The van der Waals surface area contributed by atoms with Crippen LogP contribution in [0, 0.1) is 0 Å². The van der Waals surface area contributed by atoms with Gasteiger partial charge in [-0.05, 0) is 31.8 Å². The highest BCUT2D eigenvalue weighted by Crippen LogP contribution is 2.39. The van der Waals surface area contributed by atoms with E-state index in [1.165, 1.54) is 12.4 Å². The van der Waals surface area contributed by atoms with Crippen molar-refractivity contribution in [1.82, 2.24) is 14.9 Å². The molecular weight excluding hydrogens is 482 g/mol. The molecule has 0 aliphatic carbocycles. The molecule has 1 saturated heterocycles. The molecule has 10 heteroatoms. The summed E-state index contributed by atoms with van der Waals surface area (Å²) in [7, 11) is 7.63. The third kappa shape index (κ3) is 6.39. The van der Waals surface area contributed by atoms with E-state index in [9.17, 15) is 4.79 Å². The largest absolute Gasteiger partial charge is 0.494 e. The molecule has 4 rings (SSSR count). The van der Waals surface area contributed by atoms with Crippen LogP contribution in [0.1, 0.15) is 18.0 Å². The second-order valence-corrected chi connectivity index (χ2v) is 9.25. The van der Waals surface area contributed by atoms with Crippen molar-refractivity contribution in [1.29, 1.82) is 0 Å². The lowest BCUT2D eigenvalue weighted by atomic mass is 10.0. The number of aromatic nitrogens is 2. The molecule has 0 bridgehead atoms. The van der Waals surface area contributed by atoms with Gasteiger partial charge in [0.05, 0.1) is 36.8 Å². The van der Waals surface area contributed by atoms with Crippen molar-refractivity contribution in [2.75, 3.05) is 68.5 Å². The summed E-state index contributed by atoms with van der Waals surface area (Å²) in [6.07, 6.45) is 3.61. The van der Waals surface area contributed by atoms with Crippen LogP contribution in [0.5, 0.6) is 5.75 Å². The number of carbonyl (C=O) groups excluding carboxylic acids is 1. The van der Waals surface area contributed by atoms with Crippen molar-refractivity contribution >= 4 is 34.6 Å². The number of nitrogens with zero attached hydrogens (tertiary/aromatic N) is 5. The van der Waals surface area contributed by atoms with Gasteiger partial charge in [0.1, 0.15) is 17.9 Å². The minimum atomic E-state index is -0.300. The number of carbonyl (C=O) groups is 1. The van der Waals surface area contributed by atoms with Gasteiger partial charge in [0, 0.05) is 38.7 Å². The highest BCUT2D eigenvalue weighted by Gasteiger charge is 2.29. The highest BCUT2D eigenvalue weighted by atomic mass is 16.7. The van der Waals surface area contributed by atoms with Crippen molar-refractivity contribution in [2.45, 2.75) is 12.5 Å². The van der Waals surface area contributed by atoms with Gasteiger partial charge in [0.25, 0.3) is 0 Å². The lowest BCUT2D eigenvalue weighted by Crippen LogP contribution is -2.29. The molecule has 38 heavy (non-hydrogen) atoms. The van der Waals surface area contributed by atoms with E-state index < -0.39 is 0 Å². The van der Waals surface area contributed by atoms with Crippen molar-refractivity contribution < 1.29 is 14.4 Å². The molecular formula is C28H35N7O3. The second kappa shape index (κ2) is 12.4. The van der Waals surface area contributed by atoms with Gasteiger partial charge in [0.15, 0.2) is 5.82 Å². The number of amides is 1. The van der Waals surface area contributed by atoms with E-state index in [-0.39, 0.29) is 11.9 Å². The van der Waals surface area contributed by atoms with E-state index in [0.29, 0.717) is 35.4 Å². The zero-order valence-corrected chi connectivity index (χ0v) is 22.3. The fourth-order valence-electron chi connectivity index (χ4n) is 4.25. The van der Waals surface area contributed by atoms with Crippen LogP contribution in [-0.2, 0) is 9.63 Å². The third-order valence-corrected chi connectivity index (χ3v) is 6.29. The monoisotopic (exact) mass is 517 g/mol. The smallest absolute Gasteiger partial charge is 0.247 e. The van der Waals surface area contributed by atoms with E-state index in [4.69, 9.17) is 9.57 Å². The quantitative estimate of drug-likeness (QED) is 0.362. The summed E-state index contributed by atoms with van der Waals surface area (Å²) < 4.78 is 5.71.